The highest BCUT2D eigenvalue weighted by Crippen LogP contribution is 2.41. The highest BCUT2D eigenvalue weighted by atomic mass is 16.5. The molecule has 0 saturated heterocycles. The summed E-state index contributed by atoms with van der Waals surface area (Å²) >= 11 is 0. The fourth-order valence-electron chi connectivity index (χ4n) is 2.99. The first-order valence-electron chi connectivity index (χ1n) is 7.17. The molecule has 1 aliphatic rings. The van der Waals surface area contributed by atoms with Crippen molar-refractivity contribution in [2.24, 2.45) is 0 Å². The maximum absolute atomic E-state index is 9.37. The summed E-state index contributed by atoms with van der Waals surface area (Å²) in [5.41, 5.74) is 1.33. The predicted octanol–water partition coefficient (Wildman–Crippen LogP) is 2.69. The number of benzene rings is 1. The maximum Gasteiger partial charge on any atom is 0.122 e. The lowest BCUT2D eigenvalue weighted by molar-refractivity contribution is 0.159. The number of hydrogen-bond acceptors (Lipinski definition) is 3. The average molecular weight is 263 g/mol. The van der Waals surface area contributed by atoms with Crippen LogP contribution in [0.3, 0.4) is 0 Å². The van der Waals surface area contributed by atoms with E-state index in [-0.39, 0.29) is 6.10 Å². The van der Waals surface area contributed by atoms with Crippen LogP contribution in [0.1, 0.15) is 44.6 Å². The lowest BCUT2D eigenvalue weighted by Crippen LogP contribution is -2.45. The van der Waals surface area contributed by atoms with E-state index in [0.29, 0.717) is 18.0 Å². The number of aliphatic hydroxyl groups is 1. The van der Waals surface area contributed by atoms with Gasteiger partial charge in [0.15, 0.2) is 0 Å². The highest BCUT2D eigenvalue weighted by molar-refractivity contribution is 5.37. The number of hydrogen-bond donors (Lipinski definition) is 2. The third kappa shape index (κ3) is 3.71. The molecule has 1 aromatic rings. The fraction of sp³-hybridized carbons (Fsp3) is 0.625. The van der Waals surface area contributed by atoms with E-state index in [9.17, 15) is 5.11 Å². The molecule has 1 aromatic carbocycles. The first-order chi connectivity index (χ1) is 9.10. The third-order valence-corrected chi connectivity index (χ3v) is 3.93. The zero-order chi connectivity index (χ0) is 13.8. The Hall–Kier alpha value is -1.06. The molecule has 19 heavy (non-hydrogen) atoms. The van der Waals surface area contributed by atoms with Crippen molar-refractivity contribution in [2.75, 3.05) is 7.11 Å². The van der Waals surface area contributed by atoms with E-state index < -0.39 is 0 Å². The van der Waals surface area contributed by atoms with Gasteiger partial charge in [-0.15, -0.1) is 0 Å². The number of ether oxygens (including phenoxy) is 1. The average Bonchev–Trinajstić information content (AvgIpc) is 2.32. The molecule has 0 aliphatic heterocycles. The Balaban J connectivity index is 1.83. The second-order valence-corrected chi connectivity index (χ2v) is 5.76. The molecule has 2 rings (SSSR count). The van der Waals surface area contributed by atoms with Crippen molar-refractivity contribution in [3.63, 3.8) is 0 Å². The molecule has 1 saturated carbocycles. The monoisotopic (exact) mass is 263 g/mol. The van der Waals surface area contributed by atoms with Crippen LogP contribution in [0.2, 0.25) is 0 Å². The van der Waals surface area contributed by atoms with Crippen molar-refractivity contribution in [3.05, 3.63) is 29.8 Å². The Kier molecular flexibility index (Phi) is 4.83. The largest absolute Gasteiger partial charge is 0.496 e. The molecule has 1 aliphatic carbocycles. The van der Waals surface area contributed by atoms with Gasteiger partial charge < -0.3 is 15.2 Å². The van der Waals surface area contributed by atoms with Gasteiger partial charge in [-0.25, -0.2) is 0 Å². The molecule has 1 fully saturated rings. The number of aliphatic hydroxyl groups excluding tert-OH is 1. The van der Waals surface area contributed by atoms with Crippen LogP contribution in [0, 0.1) is 0 Å². The number of nitrogens with one attached hydrogen (secondary N) is 1. The molecule has 2 N–H and O–H groups in total. The van der Waals surface area contributed by atoms with Crippen molar-refractivity contribution in [1.82, 2.24) is 5.32 Å². The van der Waals surface area contributed by atoms with Crippen LogP contribution in [0.4, 0.5) is 0 Å². The van der Waals surface area contributed by atoms with Gasteiger partial charge in [0.25, 0.3) is 0 Å². The topological polar surface area (TPSA) is 41.5 Å². The zero-order valence-electron chi connectivity index (χ0n) is 12.1. The Morgan fingerprint density at radius 1 is 1.32 bits per heavy atom. The van der Waals surface area contributed by atoms with E-state index in [0.717, 1.165) is 25.0 Å². The lowest BCUT2D eigenvalue weighted by atomic mass is 9.75. The van der Waals surface area contributed by atoms with Crippen LogP contribution >= 0.6 is 0 Å². The van der Waals surface area contributed by atoms with Gasteiger partial charge in [-0.3, -0.25) is 0 Å². The van der Waals surface area contributed by atoms with Gasteiger partial charge in [0.1, 0.15) is 5.75 Å². The minimum Gasteiger partial charge on any atom is -0.496 e. The first-order valence-corrected chi connectivity index (χ1v) is 7.17. The summed E-state index contributed by atoms with van der Waals surface area (Å²) in [7, 11) is 1.73. The summed E-state index contributed by atoms with van der Waals surface area (Å²) in [4.78, 5) is 0. The van der Waals surface area contributed by atoms with Crippen molar-refractivity contribution in [1.29, 1.82) is 0 Å². The van der Waals surface area contributed by atoms with Crippen LogP contribution in [0.25, 0.3) is 0 Å². The molecule has 0 heterocycles. The molecule has 0 radical (unpaired) electrons. The summed E-state index contributed by atoms with van der Waals surface area (Å²) < 4.78 is 5.42. The van der Waals surface area contributed by atoms with Crippen molar-refractivity contribution in [2.45, 2.75) is 57.2 Å². The van der Waals surface area contributed by atoms with Crippen molar-refractivity contribution < 1.29 is 9.84 Å². The second-order valence-electron chi connectivity index (χ2n) is 5.76. The van der Waals surface area contributed by atoms with Crippen LogP contribution in [0.5, 0.6) is 5.75 Å². The van der Waals surface area contributed by atoms with Gasteiger partial charge in [-0.1, -0.05) is 18.2 Å². The summed E-state index contributed by atoms with van der Waals surface area (Å²) in [5, 5.41) is 13.0. The SMILES string of the molecule is COc1ccccc1C1CC(NC(C)CC(C)O)C1. The molecular weight excluding hydrogens is 238 g/mol. The van der Waals surface area contributed by atoms with E-state index in [1.54, 1.807) is 7.11 Å². The summed E-state index contributed by atoms with van der Waals surface area (Å²) in [5.74, 6) is 1.61. The van der Waals surface area contributed by atoms with E-state index >= 15 is 0 Å². The normalized spacial score (nSPS) is 25.5. The molecule has 2 atom stereocenters. The Bertz CT molecular complexity index is 399. The maximum atomic E-state index is 9.37. The number of methoxy groups -OCH3 is 1. The van der Waals surface area contributed by atoms with Gasteiger partial charge >= 0.3 is 0 Å². The molecule has 0 spiro atoms. The van der Waals surface area contributed by atoms with Crippen LogP contribution in [0.15, 0.2) is 24.3 Å². The van der Waals surface area contributed by atoms with E-state index in [2.05, 4.69) is 24.4 Å². The van der Waals surface area contributed by atoms with E-state index in [1.807, 2.05) is 19.1 Å². The molecule has 0 bridgehead atoms. The smallest absolute Gasteiger partial charge is 0.122 e. The highest BCUT2D eigenvalue weighted by Gasteiger charge is 2.32. The molecule has 3 nitrogen and oxygen atoms in total. The number of para-hydroxylation sites is 1. The Morgan fingerprint density at radius 3 is 2.63 bits per heavy atom. The molecule has 2 unspecified atom stereocenters. The van der Waals surface area contributed by atoms with Crippen LogP contribution in [-0.4, -0.2) is 30.4 Å². The predicted molar refractivity (Wildman–Crippen MR) is 77.7 cm³/mol. The van der Waals surface area contributed by atoms with Gasteiger partial charge in [0.2, 0.25) is 0 Å². The second kappa shape index (κ2) is 6.40. The van der Waals surface area contributed by atoms with E-state index in [4.69, 9.17) is 4.74 Å². The minimum absolute atomic E-state index is 0.229. The summed E-state index contributed by atoms with van der Waals surface area (Å²) in [6.45, 7) is 3.99. The van der Waals surface area contributed by atoms with E-state index in [1.165, 1.54) is 5.56 Å². The summed E-state index contributed by atoms with van der Waals surface area (Å²) in [6.07, 6.45) is 2.90. The van der Waals surface area contributed by atoms with Gasteiger partial charge in [0, 0.05) is 12.1 Å². The van der Waals surface area contributed by atoms with Gasteiger partial charge in [-0.05, 0) is 50.7 Å². The molecule has 0 aromatic heterocycles. The van der Waals surface area contributed by atoms with Crippen LogP contribution < -0.4 is 10.1 Å². The van der Waals surface area contributed by atoms with Crippen molar-refractivity contribution in [3.8, 4) is 5.75 Å². The fourth-order valence-corrected chi connectivity index (χ4v) is 2.99. The standard InChI is InChI=1S/C16H25NO2/c1-11(8-12(2)18)17-14-9-13(10-14)15-6-4-5-7-16(15)19-3/h4-7,11-14,17-18H,8-10H2,1-3H3. The summed E-state index contributed by atoms with van der Waals surface area (Å²) in [6, 6.07) is 9.24. The lowest BCUT2D eigenvalue weighted by Gasteiger charge is -2.38. The van der Waals surface area contributed by atoms with Gasteiger partial charge in [-0.2, -0.15) is 0 Å². The quantitative estimate of drug-likeness (QED) is 0.829. The molecule has 106 valence electrons. The van der Waals surface area contributed by atoms with Crippen molar-refractivity contribution >= 4 is 0 Å². The van der Waals surface area contributed by atoms with Crippen LogP contribution in [-0.2, 0) is 0 Å². The Labute approximate surface area is 116 Å². The molecular formula is C16H25NO2. The van der Waals surface area contributed by atoms with Gasteiger partial charge in [0.05, 0.1) is 13.2 Å². The zero-order valence-corrected chi connectivity index (χ0v) is 12.1. The minimum atomic E-state index is -0.229. The third-order valence-electron chi connectivity index (χ3n) is 3.93. The number of rotatable bonds is 6. The first kappa shape index (κ1) is 14.4. The molecule has 3 heteroatoms. The molecule has 0 amide bonds. The Morgan fingerprint density at radius 2 is 2.00 bits per heavy atom.